The van der Waals surface area contributed by atoms with Gasteiger partial charge in [-0.25, -0.2) is 14.5 Å². The number of rotatable bonds is 6. The van der Waals surface area contributed by atoms with Crippen molar-refractivity contribution in [2.45, 2.75) is 32.7 Å². The van der Waals surface area contributed by atoms with E-state index < -0.39 is 0 Å². The number of carbonyl (C=O) groups is 1. The summed E-state index contributed by atoms with van der Waals surface area (Å²) in [6.45, 7) is 5.61. The van der Waals surface area contributed by atoms with E-state index in [-0.39, 0.29) is 6.03 Å². The molecule has 0 atom stereocenters. The molecule has 1 aromatic carbocycles. The van der Waals surface area contributed by atoms with Crippen LogP contribution in [0.5, 0.6) is 0 Å². The normalized spacial score (nSPS) is 14.5. The van der Waals surface area contributed by atoms with E-state index in [1.165, 1.54) is 19.3 Å². The number of H-pyrrole nitrogens is 1. The highest BCUT2D eigenvalue weighted by molar-refractivity contribution is 5.94. The third-order valence-corrected chi connectivity index (χ3v) is 5.88. The summed E-state index contributed by atoms with van der Waals surface area (Å²) < 4.78 is 1.78. The number of aromatic amines is 1. The van der Waals surface area contributed by atoms with E-state index in [1.807, 2.05) is 37.5 Å². The van der Waals surface area contributed by atoms with Crippen molar-refractivity contribution < 1.29 is 4.79 Å². The maximum atomic E-state index is 12.0. The summed E-state index contributed by atoms with van der Waals surface area (Å²) in [6.07, 6.45) is 9.42. The first-order chi connectivity index (χ1) is 16.2. The molecule has 0 aliphatic carbocycles. The number of hydrogen-bond donors (Lipinski definition) is 3. The standard InChI is InChI=1S/C24H28N8O/c1-2-25-24(33)30-23-28-20-13-18(14-21(22(20)29-23)32-12-6-9-27-32)17-7-8-19(26-15-17)16-31-10-4-3-5-11-31/h6-9,12-15H,2-5,10-11,16H2,1H3,(H3,25,28,29,30,33). The number of nitrogens with one attached hydrogen (secondary N) is 3. The van der Waals surface area contributed by atoms with Crippen molar-refractivity contribution in [2.24, 2.45) is 0 Å². The second-order valence-corrected chi connectivity index (χ2v) is 8.29. The molecule has 9 heteroatoms. The van der Waals surface area contributed by atoms with Crippen LogP contribution in [-0.2, 0) is 6.54 Å². The van der Waals surface area contributed by atoms with Crippen LogP contribution >= 0.6 is 0 Å². The molecule has 1 saturated heterocycles. The van der Waals surface area contributed by atoms with Gasteiger partial charge in [0.1, 0.15) is 5.52 Å². The minimum Gasteiger partial charge on any atom is -0.338 e. The van der Waals surface area contributed by atoms with Crippen molar-refractivity contribution in [3.63, 3.8) is 0 Å². The van der Waals surface area contributed by atoms with Crippen LogP contribution < -0.4 is 10.6 Å². The van der Waals surface area contributed by atoms with E-state index in [0.717, 1.165) is 53.2 Å². The fourth-order valence-corrected chi connectivity index (χ4v) is 4.26. The molecular weight excluding hydrogens is 416 g/mol. The average molecular weight is 445 g/mol. The topological polar surface area (TPSA) is 104 Å². The highest BCUT2D eigenvalue weighted by Crippen LogP contribution is 2.29. The maximum Gasteiger partial charge on any atom is 0.321 e. The van der Waals surface area contributed by atoms with Gasteiger partial charge < -0.3 is 10.3 Å². The number of imidazole rings is 1. The quantitative estimate of drug-likeness (QED) is 0.418. The molecule has 4 aromatic rings. The minimum absolute atomic E-state index is 0.300. The Hall–Kier alpha value is -3.72. The molecule has 3 aromatic heterocycles. The molecule has 1 aliphatic rings. The average Bonchev–Trinajstić information content (AvgIpc) is 3.49. The Morgan fingerprint density at radius 2 is 2.03 bits per heavy atom. The lowest BCUT2D eigenvalue weighted by atomic mass is 10.1. The van der Waals surface area contributed by atoms with Gasteiger partial charge >= 0.3 is 6.03 Å². The van der Waals surface area contributed by atoms with Crippen molar-refractivity contribution in [2.75, 3.05) is 25.0 Å². The van der Waals surface area contributed by atoms with E-state index in [0.29, 0.717) is 12.5 Å². The smallest absolute Gasteiger partial charge is 0.321 e. The van der Waals surface area contributed by atoms with E-state index in [4.69, 9.17) is 4.98 Å². The van der Waals surface area contributed by atoms with Crippen molar-refractivity contribution in [3.8, 4) is 16.8 Å². The van der Waals surface area contributed by atoms with Gasteiger partial charge in [-0.2, -0.15) is 5.10 Å². The van der Waals surface area contributed by atoms with Crippen molar-refractivity contribution in [1.29, 1.82) is 0 Å². The van der Waals surface area contributed by atoms with Gasteiger partial charge in [-0.3, -0.25) is 15.2 Å². The predicted molar refractivity (Wildman–Crippen MR) is 128 cm³/mol. The van der Waals surface area contributed by atoms with Crippen molar-refractivity contribution in [3.05, 3.63) is 54.6 Å². The number of pyridine rings is 1. The van der Waals surface area contributed by atoms with Crippen LogP contribution in [-0.4, -0.2) is 55.3 Å². The summed E-state index contributed by atoms with van der Waals surface area (Å²) in [5.74, 6) is 0.386. The van der Waals surface area contributed by atoms with E-state index in [2.05, 4.69) is 42.7 Å². The number of carbonyl (C=O) groups excluding carboxylic acids is 1. The number of benzene rings is 1. The van der Waals surface area contributed by atoms with Crippen molar-refractivity contribution in [1.82, 2.24) is 34.9 Å². The Labute approximate surface area is 192 Å². The second-order valence-electron chi connectivity index (χ2n) is 8.29. The zero-order valence-electron chi connectivity index (χ0n) is 18.7. The van der Waals surface area contributed by atoms with E-state index in [1.54, 1.807) is 10.9 Å². The molecule has 0 bridgehead atoms. The number of hydrogen-bond acceptors (Lipinski definition) is 5. The van der Waals surface area contributed by atoms with Crippen LogP contribution in [0, 0.1) is 0 Å². The van der Waals surface area contributed by atoms with Gasteiger partial charge in [-0.05, 0) is 62.7 Å². The number of fused-ring (bicyclic) bond motifs is 1. The summed E-state index contributed by atoms with van der Waals surface area (Å²) in [7, 11) is 0. The molecule has 9 nitrogen and oxygen atoms in total. The lowest BCUT2D eigenvalue weighted by molar-refractivity contribution is 0.218. The molecule has 2 amide bonds. The van der Waals surface area contributed by atoms with E-state index in [9.17, 15) is 4.79 Å². The first-order valence-corrected chi connectivity index (χ1v) is 11.5. The molecule has 0 unspecified atom stereocenters. The maximum absolute atomic E-state index is 12.0. The summed E-state index contributed by atoms with van der Waals surface area (Å²) in [6, 6.07) is 9.87. The Morgan fingerprint density at radius 1 is 1.15 bits per heavy atom. The molecule has 0 spiro atoms. The first kappa shape index (κ1) is 21.1. The number of urea groups is 1. The lowest BCUT2D eigenvalue weighted by Gasteiger charge is -2.25. The SMILES string of the molecule is CCNC(=O)Nc1nc2c(-n3cccn3)cc(-c3ccc(CN4CCCCC4)nc3)cc2[nH]1. The number of anilines is 1. The molecule has 0 saturated carbocycles. The summed E-state index contributed by atoms with van der Waals surface area (Å²) in [5.41, 5.74) is 5.46. The number of amides is 2. The van der Waals surface area contributed by atoms with Crippen molar-refractivity contribution >= 4 is 23.0 Å². The third-order valence-electron chi connectivity index (χ3n) is 5.88. The fraction of sp³-hybridized carbons (Fsp3) is 0.333. The molecule has 0 radical (unpaired) electrons. The monoisotopic (exact) mass is 444 g/mol. The second kappa shape index (κ2) is 9.41. The van der Waals surface area contributed by atoms with Crippen LogP contribution in [0.15, 0.2) is 48.9 Å². The molecule has 4 heterocycles. The first-order valence-electron chi connectivity index (χ1n) is 11.5. The number of piperidine rings is 1. The van der Waals surface area contributed by atoms with Gasteiger partial charge in [0.25, 0.3) is 0 Å². The highest BCUT2D eigenvalue weighted by atomic mass is 16.2. The van der Waals surface area contributed by atoms with Crippen LogP contribution in [0.3, 0.4) is 0 Å². The van der Waals surface area contributed by atoms with Gasteiger partial charge in [0.05, 0.1) is 16.9 Å². The van der Waals surface area contributed by atoms with Gasteiger partial charge in [0.15, 0.2) is 0 Å². The van der Waals surface area contributed by atoms with Crippen LogP contribution in [0.2, 0.25) is 0 Å². The van der Waals surface area contributed by atoms with E-state index >= 15 is 0 Å². The largest absolute Gasteiger partial charge is 0.338 e. The third kappa shape index (κ3) is 4.73. The minimum atomic E-state index is -0.300. The highest BCUT2D eigenvalue weighted by Gasteiger charge is 2.15. The zero-order valence-corrected chi connectivity index (χ0v) is 18.7. The fourth-order valence-electron chi connectivity index (χ4n) is 4.26. The Morgan fingerprint density at radius 3 is 2.76 bits per heavy atom. The molecule has 1 aliphatic heterocycles. The van der Waals surface area contributed by atoms with Gasteiger partial charge in [0.2, 0.25) is 5.95 Å². The molecule has 170 valence electrons. The molecular formula is C24H28N8O. The summed E-state index contributed by atoms with van der Waals surface area (Å²) in [5, 5.41) is 9.85. The Bertz CT molecular complexity index is 1220. The summed E-state index contributed by atoms with van der Waals surface area (Å²) in [4.78, 5) is 27.0. The van der Waals surface area contributed by atoms with Gasteiger partial charge in [0, 0.05) is 37.2 Å². The van der Waals surface area contributed by atoms with Crippen LogP contribution in [0.4, 0.5) is 10.7 Å². The zero-order chi connectivity index (χ0) is 22.6. The van der Waals surface area contributed by atoms with Gasteiger partial charge in [-0.1, -0.05) is 12.5 Å². The molecule has 5 rings (SSSR count). The molecule has 33 heavy (non-hydrogen) atoms. The lowest BCUT2D eigenvalue weighted by Crippen LogP contribution is -2.29. The molecule has 3 N–H and O–H groups in total. The number of nitrogens with zero attached hydrogens (tertiary/aromatic N) is 5. The predicted octanol–water partition coefficient (Wildman–Crippen LogP) is 3.94. The number of aromatic nitrogens is 5. The van der Waals surface area contributed by atoms with Crippen LogP contribution in [0.1, 0.15) is 31.9 Å². The Balaban J connectivity index is 1.46. The number of likely N-dealkylation sites (tertiary alicyclic amines) is 1. The summed E-state index contributed by atoms with van der Waals surface area (Å²) >= 11 is 0. The van der Waals surface area contributed by atoms with Gasteiger partial charge in [-0.15, -0.1) is 0 Å². The van der Waals surface area contributed by atoms with Crippen LogP contribution in [0.25, 0.3) is 27.8 Å². The Kier molecular flexibility index (Phi) is 6.03. The molecule has 1 fully saturated rings.